The predicted octanol–water partition coefficient (Wildman–Crippen LogP) is 0.736. The van der Waals surface area contributed by atoms with Crippen LogP contribution in [0.15, 0.2) is 0 Å². The molecule has 0 spiro atoms. The molecule has 2 nitrogen and oxygen atoms in total. The molecule has 1 rings (SSSR count). The van der Waals surface area contributed by atoms with Crippen LogP contribution in [0.1, 0.15) is 26.2 Å². The minimum absolute atomic E-state index is 0.0914. The monoisotopic (exact) mass is 128 g/mol. The summed E-state index contributed by atoms with van der Waals surface area (Å²) >= 11 is 0. The van der Waals surface area contributed by atoms with E-state index in [4.69, 9.17) is 5.11 Å². The second-order valence-corrected chi connectivity index (χ2v) is 2.80. The van der Waals surface area contributed by atoms with Crippen LogP contribution in [0.25, 0.3) is 0 Å². The van der Waals surface area contributed by atoms with E-state index in [1.165, 1.54) is 0 Å². The molecule has 0 radical (unpaired) electrons. The van der Waals surface area contributed by atoms with Crippen LogP contribution < -0.4 is 0 Å². The number of hydrogen-bond acceptors (Lipinski definition) is 2. The van der Waals surface area contributed by atoms with Gasteiger partial charge in [-0.25, -0.2) is 0 Å². The van der Waals surface area contributed by atoms with Gasteiger partial charge in [0.15, 0.2) is 0 Å². The van der Waals surface area contributed by atoms with Crippen LogP contribution in [0.5, 0.6) is 0 Å². The van der Waals surface area contributed by atoms with Gasteiger partial charge in [-0.05, 0) is 12.8 Å². The number of rotatable bonds is 0. The lowest BCUT2D eigenvalue weighted by molar-refractivity contribution is -0.126. The lowest BCUT2D eigenvalue weighted by atomic mass is 9.88. The Morgan fingerprint density at radius 2 is 2.33 bits per heavy atom. The molecular formula is C7H12O2. The number of aliphatic hydroxyl groups excluding tert-OH is 1. The maximum Gasteiger partial charge on any atom is 0.135 e. The molecule has 0 bridgehead atoms. The lowest BCUT2D eigenvalue weighted by Crippen LogP contribution is -2.25. The molecule has 0 aromatic carbocycles. The first-order chi connectivity index (χ1) is 4.20. The van der Waals surface area contributed by atoms with Crippen LogP contribution >= 0.6 is 0 Å². The van der Waals surface area contributed by atoms with Crippen LogP contribution in [-0.2, 0) is 4.79 Å². The van der Waals surface area contributed by atoms with Crippen molar-refractivity contribution in [3.05, 3.63) is 0 Å². The number of ketones is 1. The van der Waals surface area contributed by atoms with Gasteiger partial charge < -0.3 is 5.11 Å². The Morgan fingerprint density at radius 3 is 2.78 bits per heavy atom. The highest BCUT2D eigenvalue weighted by atomic mass is 16.3. The summed E-state index contributed by atoms with van der Waals surface area (Å²) in [5.74, 6) is 0.397. The van der Waals surface area contributed by atoms with Gasteiger partial charge >= 0.3 is 0 Å². The normalized spacial score (nSPS) is 36.9. The molecule has 1 aliphatic carbocycles. The zero-order valence-corrected chi connectivity index (χ0v) is 5.63. The summed E-state index contributed by atoms with van der Waals surface area (Å²) in [5.41, 5.74) is 0. The van der Waals surface area contributed by atoms with E-state index in [0.29, 0.717) is 25.0 Å². The molecule has 0 aliphatic heterocycles. The molecule has 0 amide bonds. The standard InChI is InChI=1S/C7H12O2/c1-5-4-6(8)2-3-7(5)9/h5-6,8H,2-4H2,1H3/t5?,6-/m0/s1. The molecule has 2 atom stereocenters. The van der Waals surface area contributed by atoms with Gasteiger partial charge in [-0.2, -0.15) is 0 Å². The molecule has 1 N–H and O–H groups in total. The molecule has 0 aromatic rings. The van der Waals surface area contributed by atoms with Crippen molar-refractivity contribution in [1.82, 2.24) is 0 Å². The second-order valence-electron chi connectivity index (χ2n) is 2.80. The summed E-state index contributed by atoms with van der Waals surface area (Å²) < 4.78 is 0. The largest absolute Gasteiger partial charge is 0.393 e. The SMILES string of the molecule is CC1C[C@@H](O)CCC1=O. The summed E-state index contributed by atoms with van der Waals surface area (Å²) in [6, 6.07) is 0. The van der Waals surface area contributed by atoms with Crippen LogP contribution in [0.3, 0.4) is 0 Å². The highest BCUT2D eigenvalue weighted by Crippen LogP contribution is 2.19. The maximum atomic E-state index is 10.8. The van der Waals surface area contributed by atoms with E-state index in [-0.39, 0.29) is 12.0 Å². The van der Waals surface area contributed by atoms with Crippen molar-refractivity contribution < 1.29 is 9.90 Å². The summed E-state index contributed by atoms with van der Waals surface area (Å²) in [6.07, 6.45) is 1.68. The van der Waals surface area contributed by atoms with Crippen LogP contribution in [0, 0.1) is 5.92 Å². The number of carbonyl (C=O) groups excluding carboxylic acids is 1. The third kappa shape index (κ3) is 1.52. The van der Waals surface area contributed by atoms with E-state index in [1.54, 1.807) is 0 Å². The van der Waals surface area contributed by atoms with E-state index in [2.05, 4.69) is 0 Å². The molecule has 52 valence electrons. The van der Waals surface area contributed by atoms with Gasteiger partial charge in [-0.1, -0.05) is 6.92 Å². The number of aliphatic hydroxyl groups is 1. The van der Waals surface area contributed by atoms with Gasteiger partial charge in [0.1, 0.15) is 5.78 Å². The second kappa shape index (κ2) is 2.48. The Bertz CT molecular complexity index is 120. The first-order valence-electron chi connectivity index (χ1n) is 3.41. The Labute approximate surface area is 54.9 Å². The summed E-state index contributed by atoms with van der Waals surface area (Å²) in [4.78, 5) is 10.8. The van der Waals surface area contributed by atoms with E-state index < -0.39 is 0 Å². The highest BCUT2D eigenvalue weighted by molar-refractivity contribution is 5.81. The third-order valence-corrected chi connectivity index (χ3v) is 1.90. The first-order valence-corrected chi connectivity index (χ1v) is 3.41. The molecule has 1 unspecified atom stereocenters. The fourth-order valence-corrected chi connectivity index (χ4v) is 1.21. The fourth-order valence-electron chi connectivity index (χ4n) is 1.21. The van der Waals surface area contributed by atoms with E-state index in [0.717, 1.165) is 0 Å². The molecule has 9 heavy (non-hydrogen) atoms. The molecule has 0 aromatic heterocycles. The first kappa shape index (κ1) is 6.75. The fraction of sp³-hybridized carbons (Fsp3) is 0.857. The maximum absolute atomic E-state index is 10.8. The molecule has 1 aliphatic rings. The summed E-state index contributed by atoms with van der Waals surface area (Å²) in [5, 5.41) is 9.05. The Hall–Kier alpha value is -0.370. The van der Waals surface area contributed by atoms with Gasteiger partial charge in [0, 0.05) is 12.3 Å². The summed E-state index contributed by atoms with van der Waals surface area (Å²) in [7, 11) is 0. The third-order valence-electron chi connectivity index (χ3n) is 1.90. The topological polar surface area (TPSA) is 37.3 Å². The number of Topliss-reactive ketones (excluding diaryl/α,β-unsaturated/α-hetero) is 1. The van der Waals surface area contributed by atoms with Crippen molar-refractivity contribution in [1.29, 1.82) is 0 Å². The average Bonchev–Trinajstić information content (AvgIpc) is 1.80. The Morgan fingerprint density at radius 1 is 1.67 bits per heavy atom. The average molecular weight is 128 g/mol. The molecule has 0 saturated heterocycles. The molecule has 1 fully saturated rings. The van der Waals surface area contributed by atoms with Crippen LogP contribution in [0.2, 0.25) is 0 Å². The molecular weight excluding hydrogens is 116 g/mol. The zero-order chi connectivity index (χ0) is 6.85. The minimum atomic E-state index is -0.224. The minimum Gasteiger partial charge on any atom is -0.393 e. The van der Waals surface area contributed by atoms with Gasteiger partial charge in [0.25, 0.3) is 0 Å². The smallest absolute Gasteiger partial charge is 0.135 e. The summed E-state index contributed by atoms with van der Waals surface area (Å²) in [6.45, 7) is 1.88. The van der Waals surface area contributed by atoms with Gasteiger partial charge in [-0.3, -0.25) is 4.79 Å². The van der Waals surface area contributed by atoms with Crippen LogP contribution in [0.4, 0.5) is 0 Å². The number of hydrogen-bond donors (Lipinski definition) is 1. The zero-order valence-electron chi connectivity index (χ0n) is 5.63. The van der Waals surface area contributed by atoms with Crippen LogP contribution in [-0.4, -0.2) is 17.0 Å². The highest BCUT2D eigenvalue weighted by Gasteiger charge is 2.23. The van der Waals surface area contributed by atoms with E-state index >= 15 is 0 Å². The van der Waals surface area contributed by atoms with E-state index in [1.807, 2.05) is 6.92 Å². The van der Waals surface area contributed by atoms with Gasteiger partial charge in [0.2, 0.25) is 0 Å². The van der Waals surface area contributed by atoms with Crippen molar-refractivity contribution in [3.8, 4) is 0 Å². The van der Waals surface area contributed by atoms with Gasteiger partial charge in [0.05, 0.1) is 6.10 Å². The molecule has 0 heterocycles. The Balaban J connectivity index is 2.44. The van der Waals surface area contributed by atoms with Crippen molar-refractivity contribution in [2.24, 2.45) is 5.92 Å². The van der Waals surface area contributed by atoms with Crippen molar-refractivity contribution in [3.63, 3.8) is 0 Å². The predicted molar refractivity (Wildman–Crippen MR) is 34.0 cm³/mol. The molecule has 2 heteroatoms. The Kier molecular flexibility index (Phi) is 1.86. The quantitative estimate of drug-likeness (QED) is 0.522. The molecule has 1 saturated carbocycles. The lowest BCUT2D eigenvalue weighted by Gasteiger charge is -2.20. The van der Waals surface area contributed by atoms with Gasteiger partial charge in [-0.15, -0.1) is 0 Å². The van der Waals surface area contributed by atoms with Crippen molar-refractivity contribution in [2.75, 3.05) is 0 Å². The van der Waals surface area contributed by atoms with E-state index in [9.17, 15) is 4.79 Å². The van der Waals surface area contributed by atoms with Crippen molar-refractivity contribution in [2.45, 2.75) is 32.3 Å². The van der Waals surface area contributed by atoms with Crippen molar-refractivity contribution >= 4 is 5.78 Å². The number of carbonyl (C=O) groups is 1.